The van der Waals surface area contributed by atoms with E-state index in [4.69, 9.17) is 0 Å². The third kappa shape index (κ3) is 9.68. The van der Waals surface area contributed by atoms with Gasteiger partial charge in [0.1, 0.15) is 0 Å². The van der Waals surface area contributed by atoms with Gasteiger partial charge in [-0.2, -0.15) is 0 Å². The van der Waals surface area contributed by atoms with Crippen molar-refractivity contribution in [2.75, 3.05) is 0 Å². The van der Waals surface area contributed by atoms with Gasteiger partial charge in [0.25, 0.3) is 0 Å². The highest BCUT2D eigenvalue weighted by Gasteiger charge is 2.32. The van der Waals surface area contributed by atoms with Crippen LogP contribution in [0.2, 0.25) is 0 Å². The summed E-state index contributed by atoms with van der Waals surface area (Å²) in [6.07, 6.45) is 5.73. The fourth-order valence-corrected chi connectivity index (χ4v) is 2.27. The lowest BCUT2D eigenvalue weighted by atomic mass is 9.65. The standard InChI is InChI=1S/C12H24.2C2H6.CH4/c1-11(2,3)10-6-8-12(4,5)9-7-10;2*1-2;/h10H,6-9H2,1-5H3;2*1-2H3;1H4. The molecular formula is C17H40. The fourth-order valence-electron chi connectivity index (χ4n) is 2.27. The summed E-state index contributed by atoms with van der Waals surface area (Å²) in [4.78, 5) is 0. The molecule has 1 saturated carbocycles. The van der Waals surface area contributed by atoms with Gasteiger partial charge in [-0.3, -0.25) is 0 Å². The molecule has 0 aromatic heterocycles. The van der Waals surface area contributed by atoms with Crippen LogP contribution in [0.1, 0.15) is 95.4 Å². The summed E-state index contributed by atoms with van der Waals surface area (Å²) in [7, 11) is 0. The van der Waals surface area contributed by atoms with Crippen LogP contribution in [0.5, 0.6) is 0 Å². The minimum Gasteiger partial charge on any atom is -0.0776 e. The predicted octanol–water partition coefficient (Wildman–Crippen LogP) is 6.94. The Balaban J connectivity index is -0.000000355. The molecule has 1 fully saturated rings. The van der Waals surface area contributed by atoms with E-state index in [0.29, 0.717) is 10.8 Å². The number of rotatable bonds is 0. The van der Waals surface area contributed by atoms with Crippen molar-refractivity contribution < 1.29 is 0 Å². The van der Waals surface area contributed by atoms with E-state index in [9.17, 15) is 0 Å². The van der Waals surface area contributed by atoms with Crippen LogP contribution in [0.3, 0.4) is 0 Å². The Morgan fingerprint density at radius 3 is 1.35 bits per heavy atom. The van der Waals surface area contributed by atoms with E-state index in [1.807, 2.05) is 27.7 Å². The topological polar surface area (TPSA) is 0 Å². The van der Waals surface area contributed by atoms with E-state index in [-0.39, 0.29) is 7.43 Å². The van der Waals surface area contributed by atoms with Gasteiger partial charge in [-0.25, -0.2) is 0 Å². The lowest BCUT2D eigenvalue weighted by Crippen LogP contribution is -2.29. The van der Waals surface area contributed by atoms with E-state index >= 15 is 0 Å². The molecule has 0 aromatic rings. The zero-order valence-electron chi connectivity index (χ0n) is 13.4. The Hall–Kier alpha value is 0. The fraction of sp³-hybridized carbons (Fsp3) is 1.00. The van der Waals surface area contributed by atoms with Gasteiger partial charge < -0.3 is 0 Å². The van der Waals surface area contributed by atoms with Crippen molar-refractivity contribution >= 4 is 0 Å². The van der Waals surface area contributed by atoms with Crippen LogP contribution in [0.4, 0.5) is 0 Å². The van der Waals surface area contributed by atoms with Crippen molar-refractivity contribution in [3.05, 3.63) is 0 Å². The summed E-state index contributed by atoms with van der Waals surface area (Å²) in [6.45, 7) is 20.0. The smallest absolute Gasteiger partial charge is 0.0354 e. The van der Waals surface area contributed by atoms with Gasteiger partial charge in [0.05, 0.1) is 0 Å². The molecule has 0 aromatic carbocycles. The molecule has 108 valence electrons. The van der Waals surface area contributed by atoms with Gasteiger partial charge in [0.15, 0.2) is 0 Å². The second kappa shape index (κ2) is 9.97. The maximum Gasteiger partial charge on any atom is -0.0354 e. The first kappa shape index (κ1) is 22.2. The summed E-state index contributed by atoms with van der Waals surface area (Å²) in [6, 6.07) is 0. The quantitative estimate of drug-likeness (QED) is 0.433. The van der Waals surface area contributed by atoms with E-state index < -0.39 is 0 Å². The minimum atomic E-state index is 0. The Morgan fingerprint density at radius 1 is 0.824 bits per heavy atom. The maximum absolute atomic E-state index is 2.41. The lowest BCUT2D eigenvalue weighted by molar-refractivity contribution is 0.111. The highest BCUT2D eigenvalue weighted by molar-refractivity contribution is 4.83. The predicted molar refractivity (Wildman–Crippen MR) is 84.6 cm³/mol. The molecule has 0 nitrogen and oxygen atoms in total. The van der Waals surface area contributed by atoms with E-state index in [1.165, 1.54) is 25.7 Å². The molecule has 0 radical (unpaired) electrons. The molecule has 1 rings (SSSR count). The maximum atomic E-state index is 2.41. The van der Waals surface area contributed by atoms with Gasteiger partial charge in [-0.05, 0) is 42.4 Å². The molecule has 0 saturated heterocycles. The van der Waals surface area contributed by atoms with Crippen molar-refractivity contribution in [3.63, 3.8) is 0 Å². The largest absolute Gasteiger partial charge is 0.0776 e. The average molecular weight is 245 g/mol. The van der Waals surface area contributed by atoms with E-state index in [1.54, 1.807) is 0 Å². The molecule has 0 atom stereocenters. The summed E-state index contributed by atoms with van der Waals surface area (Å²) < 4.78 is 0. The van der Waals surface area contributed by atoms with Crippen molar-refractivity contribution in [2.45, 2.75) is 95.4 Å². The molecule has 0 spiro atoms. The molecule has 0 amide bonds. The zero-order valence-corrected chi connectivity index (χ0v) is 13.4. The molecule has 17 heavy (non-hydrogen) atoms. The van der Waals surface area contributed by atoms with Crippen molar-refractivity contribution in [1.29, 1.82) is 0 Å². The third-order valence-electron chi connectivity index (χ3n) is 3.56. The van der Waals surface area contributed by atoms with Gasteiger partial charge in [-0.15, -0.1) is 0 Å². The molecule has 1 aliphatic rings. The first-order chi connectivity index (χ1) is 7.31. The second-order valence-corrected chi connectivity index (χ2v) is 6.30. The summed E-state index contributed by atoms with van der Waals surface area (Å²) in [5.74, 6) is 0.963. The summed E-state index contributed by atoms with van der Waals surface area (Å²) >= 11 is 0. The number of hydrogen-bond donors (Lipinski definition) is 0. The normalized spacial score (nSPS) is 18.9. The molecule has 0 unspecified atom stereocenters. The second-order valence-electron chi connectivity index (χ2n) is 6.30. The van der Waals surface area contributed by atoms with Gasteiger partial charge in [-0.1, -0.05) is 69.7 Å². The lowest BCUT2D eigenvalue weighted by Gasteiger charge is -2.40. The zero-order chi connectivity index (χ0) is 13.4. The minimum absolute atomic E-state index is 0. The molecule has 0 N–H and O–H groups in total. The average Bonchev–Trinajstić information content (AvgIpc) is 2.22. The highest BCUT2D eigenvalue weighted by Crippen LogP contribution is 2.44. The first-order valence-corrected chi connectivity index (χ1v) is 7.31. The molecule has 1 aliphatic carbocycles. The molecule has 0 heterocycles. The molecule has 0 aliphatic heterocycles. The van der Waals surface area contributed by atoms with Crippen molar-refractivity contribution in [1.82, 2.24) is 0 Å². The van der Waals surface area contributed by atoms with Crippen LogP contribution in [-0.4, -0.2) is 0 Å². The van der Waals surface area contributed by atoms with E-state index in [2.05, 4.69) is 34.6 Å². The van der Waals surface area contributed by atoms with Crippen LogP contribution in [0, 0.1) is 16.7 Å². The monoisotopic (exact) mass is 244 g/mol. The first-order valence-electron chi connectivity index (χ1n) is 7.31. The Morgan fingerprint density at radius 2 is 1.12 bits per heavy atom. The van der Waals surface area contributed by atoms with Gasteiger partial charge in [0, 0.05) is 0 Å². The molecule has 0 heteroatoms. The summed E-state index contributed by atoms with van der Waals surface area (Å²) in [5, 5.41) is 0. The van der Waals surface area contributed by atoms with E-state index in [0.717, 1.165) is 5.92 Å². The van der Waals surface area contributed by atoms with Crippen LogP contribution in [0.25, 0.3) is 0 Å². The molecule has 0 bridgehead atoms. The Kier molecular flexibility index (Phi) is 13.0. The Bertz CT molecular complexity index is 138. The van der Waals surface area contributed by atoms with Gasteiger partial charge in [0.2, 0.25) is 0 Å². The summed E-state index contributed by atoms with van der Waals surface area (Å²) in [5.41, 5.74) is 1.16. The van der Waals surface area contributed by atoms with Crippen LogP contribution < -0.4 is 0 Å². The van der Waals surface area contributed by atoms with Crippen LogP contribution >= 0.6 is 0 Å². The molecular weight excluding hydrogens is 204 g/mol. The van der Waals surface area contributed by atoms with Crippen molar-refractivity contribution in [2.24, 2.45) is 16.7 Å². The number of hydrogen-bond acceptors (Lipinski definition) is 0. The highest BCUT2D eigenvalue weighted by atomic mass is 14.4. The van der Waals surface area contributed by atoms with Crippen LogP contribution in [0.15, 0.2) is 0 Å². The van der Waals surface area contributed by atoms with Crippen LogP contribution in [-0.2, 0) is 0 Å². The third-order valence-corrected chi connectivity index (χ3v) is 3.56. The SMILES string of the molecule is C.CC.CC.CC1(C)CCC(C(C)(C)C)CC1. The Labute approximate surface area is 113 Å². The van der Waals surface area contributed by atoms with Gasteiger partial charge >= 0.3 is 0 Å². The van der Waals surface area contributed by atoms with Crippen molar-refractivity contribution in [3.8, 4) is 0 Å².